The summed E-state index contributed by atoms with van der Waals surface area (Å²) in [5.41, 5.74) is 6.12. The maximum Gasteiger partial charge on any atom is 0.354 e. The molecule has 0 saturated heterocycles. The number of halogens is 1. The summed E-state index contributed by atoms with van der Waals surface area (Å²) in [6.45, 7) is 0. The molecule has 4 nitrogen and oxygen atoms in total. The number of thioether (sulfide) groups is 1. The van der Waals surface area contributed by atoms with E-state index in [0.717, 1.165) is 0 Å². The minimum atomic E-state index is -1.06. The van der Waals surface area contributed by atoms with E-state index in [1.165, 1.54) is 30.0 Å². The normalized spacial score (nSPS) is 10.4. The van der Waals surface area contributed by atoms with Crippen molar-refractivity contribution in [2.75, 3.05) is 5.73 Å². The largest absolute Gasteiger partial charge is 0.477 e. The Morgan fingerprint density at radius 2 is 2.16 bits per heavy atom. The minimum Gasteiger partial charge on any atom is -0.477 e. The Bertz CT molecular complexity index is 619. The molecule has 0 aliphatic heterocycles. The molecule has 6 heteroatoms. The first-order chi connectivity index (χ1) is 9.06. The second-order valence-electron chi connectivity index (χ2n) is 3.79. The Hall–Kier alpha value is -2.08. The highest BCUT2D eigenvalue weighted by Gasteiger charge is 2.06. The van der Waals surface area contributed by atoms with Crippen molar-refractivity contribution in [3.8, 4) is 0 Å². The highest BCUT2D eigenvalue weighted by molar-refractivity contribution is 7.98. The van der Waals surface area contributed by atoms with Crippen LogP contribution in [0.4, 0.5) is 10.1 Å². The van der Waals surface area contributed by atoms with E-state index < -0.39 is 11.8 Å². The molecule has 1 aromatic carbocycles. The summed E-state index contributed by atoms with van der Waals surface area (Å²) in [5.74, 6) is -1.06. The first kappa shape index (κ1) is 13.4. The molecule has 0 unspecified atom stereocenters. The fraction of sp³-hybridized carbons (Fsp3) is 0.0769. The Balaban J connectivity index is 2.07. The van der Waals surface area contributed by atoms with Crippen LogP contribution in [0.1, 0.15) is 16.2 Å². The lowest BCUT2D eigenvalue weighted by molar-refractivity contribution is 0.0690. The number of carboxylic acid groups (broad SMARTS) is 1. The van der Waals surface area contributed by atoms with Crippen LogP contribution < -0.4 is 5.73 Å². The number of rotatable bonds is 4. The van der Waals surface area contributed by atoms with Gasteiger partial charge in [0.05, 0.1) is 11.4 Å². The molecular weight excluding hydrogens is 267 g/mol. The third-order valence-electron chi connectivity index (χ3n) is 2.38. The van der Waals surface area contributed by atoms with Gasteiger partial charge in [-0.05, 0) is 30.3 Å². The van der Waals surface area contributed by atoms with Gasteiger partial charge in [0.15, 0.2) is 0 Å². The van der Waals surface area contributed by atoms with Gasteiger partial charge in [-0.25, -0.2) is 14.2 Å². The van der Waals surface area contributed by atoms with Crippen molar-refractivity contribution in [1.82, 2.24) is 4.98 Å². The predicted octanol–water partition coefficient (Wildman–Crippen LogP) is 2.79. The van der Waals surface area contributed by atoms with E-state index in [9.17, 15) is 9.18 Å². The molecule has 1 heterocycles. The molecule has 2 aromatic rings. The van der Waals surface area contributed by atoms with Crippen molar-refractivity contribution in [3.05, 3.63) is 53.6 Å². The molecule has 0 atom stereocenters. The molecule has 3 N–H and O–H groups in total. The summed E-state index contributed by atoms with van der Waals surface area (Å²) in [4.78, 5) is 15.5. The topological polar surface area (TPSA) is 76.2 Å². The van der Waals surface area contributed by atoms with E-state index in [4.69, 9.17) is 10.8 Å². The second-order valence-corrected chi connectivity index (χ2v) is 4.84. The van der Waals surface area contributed by atoms with Crippen LogP contribution in [0.15, 0.2) is 41.3 Å². The molecule has 0 amide bonds. The maximum atomic E-state index is 13.2. The zero-order valence-corrected chi connectivity index (χ0v) is 10.7. The first-order valence-corrected chi connectivity index (χ1v) is 6.42. The van der Waals surface area contributed by atoms with Gasteiger partial charge in [-0.1, -0.05) is 6.07 Å². The van der Waals surface area contributed by atoms with E-state index in [1.807, 2.05) is 0 Å². The van der Waals surface area contributed by atoms with E-state index in [1.54, 1.807) is 18.2 Å². The summed E-state index contributed by atoms with van der Waals surface area (Å²) in [5, 5.41) is 8.83. The molecule has 0 spiro atoms. The van der Waals surface area contributed by atoms with Gasteiger partial charge in [-0.2, -0.15) is 0 Å². The van der Waals surface area contributed by atoms with Crippen LogP contribution in [0.5, 0.6) is 0 Å². The van der Waals surface area contributed by atoms with Gasteiger partial charge in [0.1, 0.15) is 11.5 Å². The number of aromatic nitrogens is 1. The highest BCUT2D eigenvalue weighted by Crippen LogP contribution is 2.24. The summed E-state index contributed by atoms with van der Waals surface area (Å²) in [6.07, 6.45) is 0. The Morgan fingerprint density at radius 1 is 1.37 bits per heavy atom. The van der Waals surface area contributed by atoms with Crippen LogP contribution in [0.2, 0.25) is 0 Å². The van der Waals surface area contributed by atoms with E-state index in [-0.39, 0.29) is 11.4 Å². The lowest BCUT2D eigenvalue weighted by Gasteiger charge is -2.04. The van der Waals surface area contributed by atoms with Crippen LogP contribution in [-0.4, -0.2) is 16.1 Å². The monoisotopic (exact) mass is 278 g/mol. The van der Waals surface area contributed by atoms with Crippen molar-refractivity contribution in [1.29, 1.82) is 0 Å². The van der Waals surface area contributed by atoms with Gasteiger partial charge in [0.2, 0.25) is 0 Å². The van der Waals surface area contributed by atoms with Gasteiger partial charge in [0, 0.05) is 10.6 Å². The standard InChI is InChI=1S/C13H11FN2O2S/c14-10-6-9(4-5-11(10)15)19-7-8-2-1-3-12(16-8)13(17)18/h1-6H,7,15H2,(H,17,18). The number of nitrogens with zero attached hydrogens (tertiary/aromatic N) is 1. The van der Waals surface area contributed by atoms with E-state index in [2.05, 4.69) is 4.98 Å². The number of benzene rings is 1. The van der Waals surface area contributed by atoms with Crippen molar-refractivity contribution in [2.45, 2.75) is 10.6 Å². The fourth-order valence-corrected chi connectivity index (χ4v) is 2.26. The van der Waals surface area contributed by atoms with Crippen LogP contribution in [0.25, 0.3) is 0 Å². The number of nitrogens with two attached hydrogens (primary N) is 1. The average molecular weight is 278 g/mol. The molecule has 2 rings (SSSR count). The predicted molar refractivity (Wildman–Crippen MR) is 71.6 cm³/mol. The molecule has 0 fully saturated rings. The first-order valence-electron chi connectivity index (χ1n) is 5.43. The molecule has 0 saturated carbocycles. The Labute approximate surface area is 113 Å². The van der Waals surface area contributed by atoms with Gasteiger partial charge in [-0.3, -0.25) is 0 Å². The summed E-state index contributed by atoms with van der Waals surface area (Å²) >= 11 is 1.37. The maximum absolute atomic E-state index is 13.2. The molecule has 0 bridgehead atoms. The molecule has 0 aliphatic carbocycles. The lowest BCUT2D eigenvalue weighted by Crippen LogP contribution is -2.01. The highest BCUT2D eigenvalue weighted by atomic mass is 32.2. The average Bonchev–Trinajstić information content (AvgIpc) is 2.40. The minimum absolute atomic E-state index is 0.00147. The van der Waals surface area contributed by atoms with Gasteiger partial charge < -0.3 is 10.8 Å². The fourth-order valence-electron chi connectivity index (χ4n) is 1.43. The molecule has 19 heavy (non-hydrogen) atoms. The molecule has 98 valence electrons. The molecular formula is C13H11FN2O2S. The number of hydrogen-bond donors (Lipinski definition) is 2. The summed E-state index contributed by atoms with van der Waals surface area (Å²) < 4.78 is 13.2. The number of carbonyl (C=O) groups is 1. The van der Waals surface area contributed by atoms with E-state index in [0.29, 0.717) is 16.3 Å². The lowest BCUT2D eigenvalue weighted by atomic mass is 10.3. The SMILES string of the molecule is Nc1ccc(SCc2cccc(C(=O)O)n2)cc1F. The summed E-state index contributed by atoms with van der Waals surface area (Å²) in [6, 6.07) is 9.35. The van der Waals surface area contributed by atoms with Crippen LogP contribution in [-0.2, 0) is 5.75 Å². The van der Waals surface area contributed by atoms with Gasteiger partial charge in [0.25, 0.3) is 0 Å². The number of anilines is 1. The molecule has 0 radical (unpaired) electrons. The Morgan fingerprint density at radius 3 is 2.84 bits per heavy atom. The third kappa shape index (κ3) is 3.45. The number of aromatic carboxylic acids is 1. The Kier molecular flexibility index (Phi) is 4.01. The zero-order valence-electron chi connectivity index (χ0n) is 9.84. The van der Waals surface area contributed by atoms with Gasteiger partial charge >= 0.3 is 5.97 Å². The molecule has 1 aromatic heterocycles. The summed E-state index contributed by atoms with van der Waals surface area (Å²) in [7, 11) is 0. The quantitative estimate of drug-likeness (QED) is 0.664. The van der Waals surface area contributed by atoms with Gasteiger partial charge in [-0.15, -0.1) is 11.8 Å². The number of hydrogen-bond acceptors (Lipinski definition) is 4. The van der Waals surface area contributed by atoms with E-state index >= 15 is 0 Å². The second kappa shape index (κ2) is 5.71. The number of pyridine rings is 1. The molecule has 0 aliphatic rings. The van der Waals surface area contributed by atoms with Crippen molar-refractivity contribution >= 4 is 23.4 Å². The smallest absolute Gasteiger partial charge is 0.354 e. The van der Waals surface area contributed by atoms with Crippen LogP contribution >= 0.6 is 11.8 Å². The van der Waals surface area contributed by atoms with Crippen LogP contribution in [0, 0.1) is 5.82 Å². The van der Waals surface area contributed by atoms with Crippen molar-refractivity contribution in [2.24, 2.45) is 0 Å². The number of carboxylic acids is 1. The third-order valence-corrected chi connectivity index (χ3v) is 3.41. The van der Waals surface area contributed by atoms with Crippen molar-refractivity contribution in [3.63, 3.8) is 0 Å². The zero-order chi connectivity index (χ0) is 13.8. The van der Waals surface area contributed by atoms with Crippen molar-refractivity contribution < 1.29 is 14.3 Å². The number of nitrogen functional groups attached to an aromatic ring is 1. The van der Waals surface area contributed by atoms with Crippen LogP contribution in [0.3, 0.4) is 0 Å².